The third-order valence-electron chi connectivity index (χ3n) is 2.23. The zero-order valence-electron chi connectivity index (χ0n) is 9.52. The van der Waals surface area contributed by atoms with Gasteiger partial charge in [0, 0.05) is 12.6 Å². The molecule has 0 amide bonds. The van der Waals surface area contributed by atoms with Crippen molar-refractivity contribution in [1.82, 2.24) is 14.5 Å². The van der Waals surface area contributed by atoms with Crippen LogP contribution in [0, 0.1) is 5.82 Å². The van der Waals surface area contributed by atoms with E-state index >= 15 is 0 Å². The number of hydrogen-bond donors (Lipinski definition) is 2. The molecule has 5 nitrogen and oxygen atoms in total. The molecule has 90 valence electrons. The van der Waals surface area contributed by atoms with Crippen molar-refractivity contribution in [2.45, 2.75) is 13.3 Å². The summed E-state index contributed by atoms with van der Waals surface area (Å²) in [5.41, 5.74) is 5.74. The minimum atomic E-state index is -0.468. The van der Waals surface area contributed by atoms with Crippen molar-refractivity contribution in [3.63, 3.8) is 0 Å². The number of anilines is 2. The molecule has 0 unspecified atom stereocenters. The minimum Gasteiger partial charge on any atom is -0.397 e. The number of nitrogens with zero attached hydrogens (tertiary/aromatic N) is 3. The van der Waals surface area contributed by atoms with Crippen LogP contribution in [-0.2, 0) is 0 Å². The van der Waals surface area contributed by atoms with Crippen LogP contribution in [0.25, 0.3) is 5.82 Å². The van der Waals surface area contributed by atoms with Gasteiger partial charge in [-0.1, -0.05) is 6.92 Å². The maximum absolute atomic E-state index is 13.6. The topological polar surface area (TPSA) is 68.8 Å². The van der Waals surface area contributed by atoms with E-state index in [0.717, 1.165) is 13.0 Å². The van der Waals surface area contributed by atoms with Gasteiger partial charge in [-0.25, -0.2) is 14.4 Å². The van der Waals surface area contributed by atoms with Gasteiger partial charge in [0.2, 0.25) is 0 Å². The highest BCUT2D eigenvalue weighted by Gasteiger charge is 2.07. The van der Waals surface area contributed by atoms with Gasteiger partial charge in [-0.05, 0) is 6.42 Å². The Morgan fingerprint density at radius 3 is 3.00 bits per heavy atom. The van der Waals surface area contributed by atoms with E-state index in [-0.39, 0.29) is 5.82 Å². The van der Waals surface area contributed by atoms with E-state index in [2.05, 4.69) is 22.2 Å². The van der Waals surface area contributed by atoms with Crippen LogP contribution in [-0.4, -0.2) is 21.1 Å². The van der Waals surface area contributed by atoms with E-state index in [4.69, 9.17) is 5.73 Å². The van der Waals surface area contributed by atoms with Crippen molar-refractivity contribution in [2.24, 2.45) is 0 Å². The molecule has 0 aromatic carbocycles. The third kappa shape index (κ3) is 2.52. The molecule has 0 saturated carbocycles. The van der Waals surface area contributed by atoms with Crippen molar-refractivity contribution in [3.8, 4) is 5.82 Å². The summed E-state index contributed by atoms with van der Waals surface area (Å²) >= 11 is 0. The first-order chi connectivity index (χ1) is 8.20. The van der Waals surface area contributed by atoms with Gasteiger partial charge in [-0.15, -0.1) is 0 Å². The molecule has 0 aliphatic carbocycles. The zero-order chi connectivity index (χ0) is 12.3. The molecular formula is C11H14FN5. The van der Waals surface area contributed by atoms with E-state index in [1.165, 1.54) is 23.2 Å². The number of nitrogens with two attached hydrogens (primary N) is 1. The van der Waals surface area contributed by atoms with Gasteiger partial charge >= 0.3 is 0 Å². The van der Waals surface area contributed by atoms with Crippen molar-refractivity contribution < 1.29 is 4.39 Å². The van der Waals surface area contributed by atoms with Crippen LogP contribution < -0.4 is 11.1 Å². The number of aromatic nitrogens is 3. The second-order valence-electron chi connectivity index (χ2n) is 3.67. The number of halogens is 1. The monoisotopic (exact) mass is 235 g/mol. The highest BCUT2D eigenvalue weighted by atomic mass is 19.1. The van der Waals surface area contributed by atoms with E-state index < -0.39 is 5.82 Å². The molecule has 2 heterocycles. The number of rotatable bonds is 4. The lowest BCUT2D eigenvalue weighted by Gasteiger charge is -2.03. The van der Waals surface area contributed by atoms with Gasteiger partial charge in [-0.3, -0.25) is 4.57 Å². The molecule has 0 saturated heterocycles. The van der Waals surface area contributed by atoms with Crippen molar-refractivity contribution in [1.29, 1.82) is 0 Å². The van der Waals surface area contributed by atoms with Gasteiger partial charge < -0.3 is 11.1 Å². The summed E-state index contributed by atoms with van der Waals surface area (Å²) in [5, 5.41) is 3.11. The lowest BCUT2D eigenvalue weighted by atomic mass is 10.4. The summed E-state index contributed by atoms with van der Waals surface area (Å²) < 4.78 is 15.1. The molecule has 3 N–H and O–H groups in total. The van der Waals surface area contributed by atoms with E-state index in [1.54, 1.807) is 6.20 Å². The fourth-order valence-corrected chi connectivity index (χ4v) is 1.42. The van der Waals surface area contributed by atoms with Gasteiger partial charge in [0.15, 0.2) is 11.6 Å². The Morgan fingerprint density at radius 2 is 2.29 bits per heavy atom. The van der Waals surface area contributed by atoms with Crippen LogP contribution in [0.5, 0.6) is 0 Å². The lowest BCUT2D eigenvalue weighted by Crippen LogP contribution is -2.01. The van der Waals surface area contributed by atoms with Crippen molar-refractivity contribution >= 4 is 11.5 Å². The number of hydrogen-bond acceptors (Lipinski definition) is 4. The summed E-state index contributed by atoms with van der Waals surface area (Å²) in [5.74, 6) is 0.422. The van der Waals surface area contributed by atoms with Crippen LogP contribution >= 0.6 is 0 Å². The van der Waals surface area contributed by atoms with Gasteiger partial charge in [0.1, 0.15) is 12.1 Å². The summed E-state index contributed by atoms with van der Waals surface area (Å²) in [6.45, 7) is 2.89. The Labute approximate surface area is 98.5 Å². The smallest absolute Gasteiger partial charge is 0.174 e. The van der Waals surface area contributed by atoms with E-state index in [9.17, 15) is 4.39 Å². The van der Waals surface area contributed by atoms with Crippen LogP contribution in [0.1, 0.15) is 13.3 Å². The average Bonchev–Trinajstić information content (AvgIpc) is 2.75. The molecule has 0 aliphatic heterocycles. The van der Waals surface area contributed by atoms with Gasteiger partial charge in [0.25, 0.3) is 0 Å². The molecule has 6 heteroatoms. The van der Waals surface area contributed by atoms with Crippen LogP contribution in [0.4, 0.5) is 15.9 Å². The third-order valence-corrected chi connectivity index (χ3v) is 2.23. The minimum absolute atomic E-state index is 0.191. The van der Waals surface area contributed by atoms with Gasteiger partial charge in [0.05, 0.1) is 18.1 Å². The van der Waals surface area contributed by atoms with Crippen molar-refractivity contribution in [3.05, 3.63) is 30.6 Å². The largest absolute Gasteiger partial charge is 0.397 e. The Bertz CT molecular complexity index is 508. The second kappa shape index (κ2) is 4.82. The zero-order valence-corrected chi connectivity index (χ0v) is 9.52. The molecule has 0 spiro atoms. The Balaban J connectivity index is 2.24. The first-order valence-corrected chi connectivity index (χ1v) is 5.40. The number of pyridine rings is 1. The molecule has 2 aromatic rings. The number of nitrogen functional groups attached to an aromatic ring is 1. The fourth-order valence-electron chi connectivity index (χ4n) is 1.42. The van der Waals surface area contributed by atoms with Gasteiger partial charge in [-0.2, -0.15) is 0 Å². The number of imidazole rings is 1. The van der Waals surface area contributed by atoms with Crippen LogP contribution in [0.3, 0.4) is 0 Å². The molecule has 0 atom stereocenters. The molecular weight excluding hydrogens is 221 g/mol. The van der Waals surface area contributed by atoms with Crippen LogP contribution in [0.2, 0.25) is 0 Å². The highest BCUT2D eigenvalue weighted by Crippen LogP contribution is 2.14. The Morgan fingerprint density at radius 1 is 1.47 bits per heavy atom. The molecule has 0 radical (unpaired) electrons. The number of nitrogens with one attached hydrogen (secondary N) is 1. The quantitative estimate of drug-likeness (QED) is 0.848. The maximum atomic E-state index is 13.6. The maximum Gasteiger partial charge on any atom is 0.174 e. The molecule has 0 bridgehead atoms. The summed E-state index contributed by atoms with van der Waals surface area (Å²) in [7, 11) is 0. The lowest BCUT2D eigenvalue weighted by molar-refractivity contribution is 0.610. The SMILES string of the molecule is CCCNc1cn(-c2ncc(N)cc2F)cn1. The molecule has 2 aromatic heterocycles. The normalized spacial score (nSPS) is 10.5. The average molecular weight is 235 g/mol. The summed E-state index contributed by atoms with van der Waals surface area (Å²) in [6, 6.07) is 1.24. The first kappa shape index (κ1) is 11.4. The summed E-state index contributed by atoms with van der Waals surface area (Å²) in [6.07, 6.45) is 5.62. The standard InChI is InChI=1S/C11H14FN5/c1-2-3-14-10-6-17(7-16-10)11-9(12)4-8(13)5-15-11/h4-7,14H,2-3,13H2,1H3. The van der Waals surface area contributed by atoms with Crippen molar-refractivity contribution in [2.75, 3.05) is 17.6 Å². The highest BCUT2D eigenvalue weighted by molar-refractivity contribution is 5.42. The second-order valence-corrected chi connectivity index (χ2v) is 3.67. The molecule has 2 rings (SSSR count). The molecule has 0 aliphatic rings. The van der Waals surface area contributed by atoms with E-state index in [1.807, 2.05) is 0 Å². The van der Waals surface area contributed by atoms with Crippen LogP contribution in [0.15, 0.2) is 24.8 Å². The molecule has 0 fully saturated rings. The predicted octanol–water partition coefficient (Wildman–Crippen LogP) is 1.81. The summed E-state index contributed by atoms with van der Waals surface area (Å²) in [4.78, 5) is 8.04. The Kier molecular flexibility index (Phi) is 3.22. The predicted molar refractivity (Wildman–Crippen MR) is 64.5 cm³/mol. The first-order valence-electron chi connectivity index (χ1n) is 5.40. The molecule has 17 heavy (non-hydrogen) atoms. The van der Waals surface area contributed by atoms with E-state index in [0.29, 0.717) is 11.5 Å². The Hall–Kier alpha value is -2.11. The fraction of sp³-hybridized carbons (Fsp3) is 0.273.